The predicted molar refractivity (Wildman–Crippen MR) is 68.1 cm³/mol. The smallest absolute Gasteiger partial charge is 0.329 e. The Labute approximate surface area is 116 Å². The van der Waals surface area contributed by atoms with Gasteiger partial charge in [-0.15, -0.1) is 0 Å². The van der Waals surface area contributed by atoms with Gasteiger partial charge >= 0.3 is 5.97 Å². The van der Waals surface area contributed by atoms with E-state index in [0.29, 0.717) is 18.6 Å². The molecule has 2 N–H and O–H groups in total. The van der Waals surface area contributed by atoms with E-state index in [-0.39, 0.29) is 12.3 Å². The third-order valence-electron chi connectivity index (χ3n) is 3.55. The largest absolute Gasteiger partial charge is 0.480 e. The van der Waals surface area contributed by atoms with Gasteiger partial charge in [-0.1, -0.05) is 24.4 Å². The lowest BCUT2D eigenvalue weighted by molar-refractivity contribution is -0.145. The summed E-state index contributed by atoms with van der Waals surface area (Å²) in [7, 11) is 1.50. The van der Waals surface area contributed by atoms with Crippen molar-refractivity contribution in [3.05, 3.63) is 17.5 Å². The van der Waals surface area contributed by atoms with E-state index in [1.54, 1.807) is 0 Å². The molecule has 1 aliphatic rings. The van der Waals surface area contributed by atoms with Gasteiger partial charge in [0.15, 0.2) is 11.5 Å². The number of hydrogen-bond acceptors (Lipinski definition) is 5. The topological polar surface area (TPSA) is 102 Å². The maximum Gasteiger partial charge on any atom is 0.329 e. The van der Waals surface area contributed by atoms with Crippen molar-refractivity contribution in [1.29, 1.82) is 0 Å². The van der Waals surface area contributed by atoms with Gasteiger partial charge in [0.05, 0.1) is 0 Å². The highest BCUT2D eigenvalue weighted by atomic mass is 16.5. The molecular weight excluding hydrogens is 264 g/mol. The number of ether oxygens (including phenoxy) is 1. The zero-order valence-electron chi connectivity index (χ0n) is 11.3. The lowest BCUT2D eigenvalue weighted by atomic mass is 9.81. The molecule has 0 atom stereocenters. The van der Waals surface area contributed by atoms with Crippen LogP contribution in [0, 0.1) is 0 Å². The van der Waals surface area contributed by atoms with Crippen LogP contribution in [-0.2, 0) is 16.1 Å². The van der Waals surface area contributed by atoms with Crippen molar-refractivity contribution < 1.29 is 24.0 Å². The van der Waals surface area contributed by atoms with E-state index >= 15 is 0 Å². The van der Waals surface area contributed by atoms with Gasteiger partial charge in [0.1, 0.15) is 12.1 Å². The summed E-state index contributed by atoms with van der Waals surface area (Å²) in [6.45, 7) is 0.213. The van der Waals surface area contributed by atoms with Crippen LogP contribution < -0.4 is 5.32 Å². The molecule has 1 fully saturated rings. The molecule has 0 spiro atoms. The second-order valence-electron chi connectivity index (χ2n) is 5.01. The molecule has 1 aromatic rings. The molecule has 0 unspecified atom stereocenters. The van der Waals surface area contributed by atoms with Gasteiger partial charge in [-0.2, -0.15) is 0 Å². The van der Waals surface area contributed by atoms with Crippen LogP contribution in [-0.4, -0.2) is 34.8 Å². The van der Waals surface area contributed by atoms with Crippen LogP contribution in [0.2, 0.25) is 0 Å². The Hall–Kier alpha value is -1.89. The highest BCUT2D eigenvalue weighted by Gasteiger charge is 2.41. The molecule has 0 radical (unpaired) electrons. The number of carbonyl (C=O) groups excluding carboxylic acids is 1. The summed E-state index contributed by atoms with van der Waals surface area (Å²) in [4.78, 5) is 23.6. The summed E-state index contributed by atoms with van der Waals surface area (Å²) in [6, 6.07) is 1.46. The summed E-state index contributed by atoms with van der Waals surface area (Å²) in [5.41, 5.74) is -1.11. The van der Waals surface area contributed by atoms with E-state index in [4.69, 9.17) is 9.26 Å². The molecule has 1 aromatic heterocycles. The van der Waals surface area contributed by atoms with Crippen molar-refractivity contribution in [2.45, 2.75) is 44.2 Å². The number of amides is 1. The minimum Gasteiger partial charge on any atom is -0.480 e. The summed E-state index contributed by atoms with van der Waals surface area (Å²) in [5.74, 6) is -1.10. The molecule has 0 bridgehead atoms. The molecule has 20 heavy (non-hydrogen) atoms. The number of nitrogens with zero attached hydrogens (tertiary/aromatic N) is 1. The summed E-state index contributed by atoms with van der Waals surface area (Å²) < 4.78 is 9.79. The molecule has 1 amide bonds. The van der Waals surface area contributed by atoms with Crippen molar-refractivity contribution in [1.82, 2.24) is 10.5 Å². The molecule has 2 rings (SSSR count). The zero-order chi connectivity index (χ0) is 14.6. The summed E-state index contributed by atoms with van der Waals surface area (Å²) in [5, 5.41) is 15.6. The molecule has 0 aliphatic heterocycles. The Bertz CT molecular complexity index is 491. The second kappa shape index (κ2) is 6.04. The van der Waals surface area contributed by atoms with Crippen LogP contribution in [0.5, 0.6) is 0 Å². The van der Waals surface area contributed by atoms with Gasteiger partial charge < -0.3 is 19.7 Å². The van der Waals surface area contributed by atoms with Gasteiger partial charge in [-0.05, 0) is 12.8 Å². The number of rotatable bonds is 5. The van der Waals surface area contributed by atoms with Crippen LogP contribution in [0.1, 0.15) is 48.4 Å². The highest BCUT2D eigenvalue weighted by Crippen LogP contribution is 2.28. The van der Waals surface area contributed by atoms with E-state index in [1.807, 2.05) is 0 Å². The third-order valence-corrected chi connectivity index (χ3v) is 3.55. The van der Waals surface area contributed by atoms with Crippen molar-refractivity contribution >= 4 is 11.9 Å². The molecule has 0 saturated heterocycles. The maximum atomic E-state index is 12.1. The first kappa shape index (κ1) is 14.5. The fourth-order valence-corrected chi connectivity index (χ4v) is 2.46. The third kappa shape index (κ3) is 2.98. The normalized spacial score (nSPS) is 17.6. The molecule has 1 aliphatic carbocycles. The molecule has 1 heterocycles. The molecule has 7 nitrogen and oxygen atoms in total. The molecular formula is C13H18N2O5. The fourth-order valence-electron chi connectivity index (χ4n) is 2.46. The number of carboxylic acids is 1. The first-order chi connectivity index (χ1) is 9.57. The van der Waals surface area contributed by atoms with E-state index in [1.165, 1.54) is 13.2 Å². The Morgan fingerprint density at radius 1 is 1.45 bits per heavy atom. The van der Waals surface area contributed by atoms with Gasteiger partial charge in [0.2, 0.25) is 0 Å². The lowest BCUT2D eigenvalue weighted by Crippen LogP contribution is -2.55. The van der Waals surface area contributed by atoms with Crippen LogP contribution in [0.3, 0.4) is 0 Å². The second-order valence-corrected chi connectivity index (χ2v) is 5.01. The number of aromatic nitrogens is 1. The zero-order valence-corrected chi connectivity index (χ0v) is 11.3. The van der Waals surface area contributed by atoms with E-state index < -0.39 is 17.4 Å². The fraction of sp³-hybridized carbons (Fsp3) is 0.615. The maximum absolute atomic E-state index is 12.1. The highest BCUT2D eigenvalue weighted by molar-refractivity contribution is 5.96. The lowest BCUT2D eigenvalue weighted by Gasteiger charge is -2.33. The number of nitrogens with one attached hydrogen (secondary N) is 1. The summed E-state index contributed by atoms with van der Waals surface area (Å²) in [6.07, 6.45) is 3.46. The Kier molecular flexibility index (Phi) is 4.39. The number of aliphatic carboxylic acids is 1. The Morgan fingerprint density at radius 2 is 2.15 bits per heavy atom. The van der Waals surface area contributed by atoms with E-state index in [2.05, 4.69) is 10.5 Å². The van der Waals surface area contributed by atoms with Crippen molar-refractivity contribution in [3.8, 4) is 0 Å². The van der Waals surface area contributed by atoms with Crippen LogP contribution >= 0.6 is 0 Å². The molecule has 110 valence electrons. The van der Waals surface area contributed by atoms with E-state index in [0.717, 1.165) is 19.3 Å². The van der Waals surface area contributed by atoms with Crippen LogP contribution in [0.15, 0.2) is 10.6 Å². The SMILES string of the molecule is COCc1cc(C(=O)NC2(C(=O)O)CCCCC2)no1. The van der Waals surface area contributed by atoms with E-state index in [9.17, 15) is 14.7 Å². The first-order valence-electron chi connectivity index (χ1n) is 6.58. The predicted octanol–water partition coefficient (Wildman–Crippen LogP) is 1.34. The monoisotopic (exact) mass is 282 g/mol. The molecule has 7 heteroatoms. The molecule has 0 aromatic carbocycles. The minimum absolute atomic E-state index is 0.0725. The quantitative estimate of drug-likeness (QED) is 0.845. The van der Waals surface area contributed by atoms with Crippen LogP contribution in [0.4, 0.5) is 0 Å². The number of carbonyl (C=O) groups is 2. The number of hydrogen-bond donors (Lipinski definition) is 2. The Morgan fingerprint density at radius 3 is 2.75 bits per heavy atom. The standard InChI is InChI=1S/C13H18N2O5/c1-19-8-9-7-10(15-20-9)11(16)14-13(12(17)18)5-3-2-4-6-13/h7H,2-6,8H2,1H3,(H,14,16)(H,17,18). The van der Waals surface area contributed by atoms with Gasteiger partial charge in [-0.25, -0.2) is 4.79 Å². The average Bonchev–Trinajstić information content (AvgIpc) is 2.89. The minimum atomic E-state index is -1.18. The van der Waals surface area contributed by atoms with Crippen molar-refractivity contribution in [3.63, 3.8) is 0 Å². The van der Waals surface area contributed by atoms with Gasteiger partial charge in [0.25, 0.3) is 5.91 Å². The number of carboxylic acid groups (broad SMARTS) is 1. The van der Waals surface area contributed by atoms with Crippen molar-refractivity contribution in [2.24, 2.45) is 0 Å². The first-order valence-corrected chi connectivity index (χ1v) is 6.58. The Balaban J connectivity index is 2.09. The van der Waals surface area contributed by atoms with Crippen LogP contribution in [0.25, 0.3) is 0 Å². The van der Waals surface area contributed by atoms with Gasteiger partial charge in [-0.3, -0.25) is 4.79 Å². The summed E-state index contributed by atoms with van der Waals surface area (Å²) >= 11 is 0. The van der Waals surface area contributed by atoms with Crippen molar-refractivity contribution in [2.75, 3.05) is 7.11 Å². The number of methoxy groups -OCH3 is 1. The van der Waals surface area contributed by atoms with Gasteiger partial charge in [0, 0.05) is 13.2 Å². The average molecular weight is 282 g/mol. The molecule has 1 saturated carbocycles.